The smallest absolute Gasteiger partial charge is 0.326 e. The predicted octanol–water partition coefficient (Wildman–Crippen LogP) is -0.753. The summed E-state index contributed by atoms with van der Waals surface area (Å²) in [7, 11) is 0. The minimum Gasteiger partial charge on any atom is -0.481 e. The molecular formula is C26H46N6O8S. The van der Waals surface area contributed by atoms with Crippen LogP contribution in [-0.2, 0) is 28.8 Å². The largest absolute Gasteiger partial charge is 0.481 e. The summed E-state index contributed by atoms with van der Waals surface area (Å²) in [6.07, 6.45) is 3.97. The normalized spacial score (nSPS) is 17.8. The Morgan fingerprint density at radius 3 is 2.20 bits per heavy atom. The van der Waals surface area contributed by atoms with Crippen molar-refractivity contribution in [1.29, 1.82) is 0 Å². The first kappa shape index (κ1) is 36.1. The number of carboxylic acid groups (broad SMARTS) is 2. The standard InChI is InChI=1S/C26H46N6O8S/c1-15(2)21(31-22(35)16(28)7-4-5-12-27)24(37)29-17(11-14-41-3)25(38)32-13-6-8-19(32)23(36)30-18(26(39)40)9-10-20(33)34/h15-19,21H,4-14,27-28H2,1-3H3,(H,29,37)(H,30,36)(H,31,35)(H,33,34)(H,39,40)/t16-,17-,18-,19-,21-/m0/s1. The van der Waals surface area contributed by atoms with Crippen LogP contribution in [0, 0.1) is 5.92 Å². The Bertz CT molecular complexity index is 920. The molecular weight excluding hydrogens is 556 g/mol. The van der Waals surface area contributed by atoms with Crippen LogP contribution in [0.1, 0.15) is 65.2 Å². The Hall–Kier alpha value is -2.91. The lowest BCUT2D eigenvalue weighted by Gasteiger charge is -2.31. The number of nitrogens with one attached hydrogen (secondary N) is 3. The van der Waals surface area contributed by atoms with Gasteiger partial charge in [-0.3, -0.25) is 24.0 Å². The monoisotopic (exact) mass is 602 g/mol. The van der Waals surface area contributed by atoms with E-state index < -0.39 is 72.2 Å². The number of carboxylic acids is 2. The lowest BCUT2D eigenvalue weighted by atomic mass is 10.0. The van der Waals surface area contributed by atoms with Gasteiger partial charge in [0.2, 0.25) is 23.6 Å². The molecule has 1 aliphatic heterocycles. The summed E-state index contributed by atoms with van der Waals surface area (Å²) < 4.78 is 0. The third-order valence-electron chi connectivity index (χ3n) is 6.88. The Labute approximate surface area is 245 Å². The molecule has 14 nitrogen and oxygen atoms in total. The zero-order valence-electron chi connectivity index (χ0n) is 24.1. The van der Waals surface area contributed by atoms with Gasteiger partial charge in [0.25, 0.3) is 0 Å². The molecule has 0 aromatic rings. The number of likely N-dealkylation sites (tertiary alicyclic amines) is 1. The predicted molar refractivity (Wildman–Crippen MR) is 154 cm³/mol. The van der Waals surface area contributed by atoms with E-state index in [1.54, 1.807) is 13.8 Å². The van der Waals surface area contributed by atoms with Crippen LogP contribution in [-0.4, -0.2) is 106 Å². The molecule has 1 saturated heterocycles. The quantitative estimate of drug-likeness (QED) is 0.0908. The van der Waals surface area contributed by atoms with E-state index in [1.165, 1.54) is 16.7 Å². The van der Waals surface area contributed by atoms with Crippen LogP contribution in [0.3, 0.4) is 0 Å². The molecule has 0 spiro atoms. The number of hydrogen-bond donors (Lipinski definition) is 7. The van der Waals surface area contributed by atoms with Crippen molar-refractivity contribution in [1.82, 2.24) is 20.9 Å². The topological polar surface area (TPSA) is 234 Å². The molecule has 0 bridgehead atoms. The van der Waals surface area contributed by atoms with Crippen LogP contribution in [0.4, 0.5) is 0 Å². The first-order chi connectivity index (χ1) is 19.3. The molecule has 0 aromatic heterocycles. The summed E-state index contributed by atoms with van der Waals surface area (Å²) in [6, 6.07) is -5.12. The minimum absolute atomic E-state index is 0.234. The summed E-state index contributed by atoms with van der Waals surface area (Å²) in [5.41, 5.74) is 11.5. The van der Waals surface area contributed by atoms with Crippen LogP contribution in [0.15, 0.2) is 0 Å². The molecule has 0 saturated carbocycles. The van der Waals surface area contributed by atoms with Gasteiger partial charge in [0.1, 0.15) is 24.2 Å². The molecule has 5 atom stereocenters. The van der Waals surface area contributed by atoms with E-state index in [2.05, 4.69) is 16.0 Å². The van der Waals surface area contributed by atoms with Crippen molar-refractivity contribution in [2.75, 3.05) is 25.1 Å². The summed E-state index contributed by atoms with van der Waals surface area (Å²) in [4.78, 5) is 76.3. The highest BCUT2D eigenvalue weighted by atomic mass is 32.2. The number of unbranched alkanes of at least 4 members (excludes halogenated alkanes) is 1. The SMILES string of the molecule is CSCC[C@H](NC(=O)[C@@H](NC(=O)[C@@H](N)CCCCN)C(C)C)C(=O)N1CCC[C@H]1C(=O)N[C@@H](CCC(=O)O)C(=O)O. The number of amides is 4. The number of rotatable bonds is 19. The van der Waals surface area contributed by atoms with Crippen LogP contribution in [0.25, 0.3) is 0 Å². The summed E-state index contributed by atoms with van der Waals surface area (Å²) in [5.74, 6) is -4.56. The maximum Gasteiger partial charge on any atom is 0.326 e. The Morgan fingerprint density at radius 2 is 1.63 bits per heavy atom. The lowest BCUT2D eigenvalue weighted by Crippen LogP contribution is -2.59. The maximum absolute atomic E-state index is 13.6. The fourth-order valence-electron chi connectivity index (χ4n) is 4.49. The van der Waals surface area contributed by atoms with Crippen LogP contribution < -0.4 is 27.4 Å². The highest BCUT2D eigenvalue weighted by molar-refractivity contribution is 7.98. The average molecular weight is 603 g/mol. The molecule has 234 valence electrons. The minimum atomic E-state index is -1.42. The average Bonchev–Trinajstić information content (AvgIpc) is 3.41. The van der Waals surface area contributed by atoms with Gasteiger partial charge < -0.3 is 42.5 Å². The number of aliphatic carboxylic acids is 2. The van der Waals surface area contributed by atoms with E-state index in [4.69, 9.17) is 16.6 Å². The molecule has 1 rings (SSSR count). The van der Waals surface area contributed by atoms with E-state index in [-0.39, 0.29) is 25.3 Å². The van der Waals surface area contributed by atoms with Gasteiger partial charge in [-0.2, -0.15) is 11.8 Å². The van der Waals surface area contributed by atoms with Crippen LogP contribution in [0.5, 0.6) is 0 Å². The maximum atomic E-state index is 13.6. The number of thioether (sulfide) groups is 1. The van der Waals surface area contributed by atoms with Crippen molar-refractivity contribution in [3.63, 3.8) is 0 Å². The van der Waals surface area contributed by atoms with Crippen molar-refractivity contribution >= 4 is 47.3 Å². The van der Waals surface area contributed by atoms with Gasteiger partial charge in [0.15, 0.2) is 0 Å². The second-order valence-corrected chi connectivity index (χ2v) is 11.5. The van der Waals surface area contributed by atoms with E-state index in [0.717, 1.165) is 6.42 Å². The second kappa shape index (κ2) is 18.5. The highest BCUT2D eigenvalue weighted by Crippen LogP contribution is 2.20. The van der Waals surface area contributed by atoms with Crippen molar-refractivity contribution in [2.45, 2.75) is 95.4 Å². The third-order valence-corrected chi connectivity index (χ3v) is 7.52. The molecule has 1 heterocycles. The van der Waals surface area contributed by atoms with E-state index in [9.17, 15) is 33.9 Å². The van der Waals surface area contributed by atoms with Crippen molar-refractivity contribution in [3.8, 4) is 0 Å². The van der Waals surface area contributed by atoms with Crippen LogP contribution in [0.2, 0.25) is 0 Å². The van der Waals surface area contributed by atoms with Gasteiger partial charge >= 0.3 is 11.9 Å². The molecule has 0 aromatic carbocycles. The van der Waals surface area contributed by atoms with Gasteiger partial charge in [-0.15, -0.1) is 0 Å². The van der Waals surface area contributed by atoms with Gasteiger partial charge in [0.05, 0.1) is 6.04 Å². The van der Waals surface area contributed by atoms with Gasteiger partial charge in [-0.1, -0.05) is 20.3 Å². The van der Waals surface area contributed by atoms with Crippen molar-refractivity contribution in [2.24, 2.45) is 17.4 Å². The molecule has 0 aliphatic carbocycles. The molecule has 1 aliphatic rings. The highest BCUT2D eigenvalue weighted by Gasteiger charge is 2.39. The van der Waals surface area contributed by atoms with E-state index in [0.29, 0.717) is 38.0 Å². The number of carbonyl (C=O) groups excluding carboxylic acids is 4. The van der Waals surface area contributed by atoms with E-state index >= 15 is 0 Å². The second-order valence-electron chi connectivity index (χ2n) is 10.5. The number of nitrogens with zero attached hydrogens (tertiary/aromatic N) is 1. The van der Waals surface area contributed by atoms with Crippen molar-refractivity contribution in [3.05, 3.63) is 0 Å². The van der Waals surface area contributed by atoms with Gasteiger partial charge in [-0.05, 0) is 63.0 Å². The third kappa shape index (κ3) is 12.2. The molecule has 15 heteroatoms. The zero-order valence-corrected chi connectivity index (χ0v) is 24.9. The van der Waals surface area contributed by atoms with Gasteiger partial charge in [-0.25, -0.2) is 4.79 Å². The van der Waals surface area contributed by atoms with Crippen LogP contribution >= 0.6 is 11.8 Å². The molecule has 41 heavy (non-hydrogen) atoms. The summed E-state index contributed by atoms with van der Waals surface area (Å²) in [6.45, 7) is 4.24. The number of hydrogen-bond acceptors (Lipinski definition) is 9. The summed E-state index contributed by atoms with van der Waals surface area (Å²) >= 11 is 1.47. The fourth-order valence-corrected chi connectivity index (χ4v) is 4.96. The van der Waals surface area contributed by atoms with Crippen molar-refractivity contribution < 1.29 is 39.0 Å². The number of carbonyl (C=O) groups is 6. The van der Waals surface area contributed by atoms with E-state index in [1.807, 2.05) is 6.26 Å². The zero-order chi connectivity index (χ0) is 31.1. The first-order valence-electron chi connectivity index (χ1n) is 13.9. The molecule has 0 unspecified atom stereocenters. The Kier molecular flexibility index (Phi) is 16.3. The molecule has 9 N–H and O–H groups in total. The Morgan fingerprint density at radius 1 is 0.951 bits per heavy atom. The lowest BCUT2D eigenvalue weighted by molar-refractivity contribution is -0.145. The Balaban J connectivity index is 3.00. The fraction of sp³-hybridized carbons (Fsp3) is 0.769. The summed E-state index contributed by atoms with van der Waals surface area (Å²) in [5, 5.41) is 26.1. The van der Waals surface area contributed by atoms with Gasteiger partial charge in [0, 0.05) is 13.0 Å². The molecule has 0 radical (unpaired) electrons. The molecule has 4 amide bonds. The molecule has 1 fully saturated rings. The first-order valence-corrected chi connectivity index (χ1v) is 15.3. The number of nitrogens with two attached hydrogens (primary N) is 2.